The molecule has 0 atom stereocenters. The summed E-state index contributed by atoms with van der Waals surface area (Å²) in [5, 5.41) is 10.2. The summed E-state index contributed by atoms with van der Waals surface area (Å²) in [6.07, 6.45) is 1.79. The zero-order valence-electron chi connectivity index (χ0n) is 10.2. The minimum atomic E-state index is -0.294. The topological polar surface area (TPSA) is 84.0 Å². The molecule has 0 aromatic carbocycles. The molecule has 2 N–H and O–H groups in total. The average molecular weight is 296 g/mol. The van der Waals surface area contributed by atoms with Crippen LogP contribution in [-0.2, 0) is 16.0 Å². The molecule has 2 aromatic rings. The van der Waals surface area contributed by atoms with Crippen molar-refractivity contribution in [2.45, 2.75) is 13.3 Å². The maximum atomic E-state index is 11.6. The van der Waals surface area contributed by atoms with E-state index in [-0.39, 0.29) is 24.8 Å². The molecule has 0 saturated heterocycles. The van der Waals surface area contributed by atoms with E-state index in [2.05, 4.69) is 20.6 Å². The number of hydrogen-bond donors (Lipinski definition) is 2. The van der Waals surface area contributed by atoms with Gasteiger partial charge >= 0.3 is 0 Å². The number of hydrogen-bond acceptors (Lipinski definition) is 6. The first-order chi connectivity index (χ1) is 9.13. The monoisotopic (exact) mass is 296 g/mol. The summed E-state index contributed by atoms with van der Waals surface area (Å²) in [4.78, 5) is 31.2. The number of nitrogens with one attached hydrogen (secondary N) is 2. The second-order valence-corrected chi connectivity index (χ2v) is 5.65. The van der Waals surface area contributed by atoms with E-state index in [4.69, 9.17) is 0 Å². The molecule has 2 aromatic heterocycles. The maximum absolute atomic E-state index is 11.6. The van der Waals surface area contributed by atoms with Crippen molar-refractivity contribution in [3.05, 3.63) is 27.7 Å². The summed E-state index contributed by atoms with van der Waals surface area (Å²) < 4.78 is 0. The Morgan fingerprint density at radius 3 is 2.79 bits per heavy atom. The molecule has 6 nitrogen and oxygen atoms in total. The molecule has 0 fully saturated rings. The minimum absolute atomic E-state index is 0.0679. The number of amides is 2. The third-order valence-corrected chi connectivity index (χ3v) is 3.64. The highest BCUT2D eigenvalue weighted by Gasteiger charge is 2.09. The van der Waals surface area contributed by atoms with Gasteiger partial charge in [0.25, 0.3) is 0 Å². The molecule has 0 spiro atoms. The van der Waals surface area contributed by atoms with Crippen LogP contribution >= 0.6 is 22.7 Å². The number of nitrogens with zero attached hydrogens (tertiary/aromatic N) is 2. The molecular weight excluding hydrogens is 284 g/mol. The zero-order valence-corrected chi connectivity index (χ0v) is 11.8. The summed E-state index contributed by atoms with van der Waals surface area (Å²) in [5.41, 5.74) is 0.723. The van der Waals surface area contributed by atoms with E-state index in [9.17, 15) is 9.59 Å². The van der Waals surface area contributed by atoms with Gasteiger partial charge in [-0.3, -0.25) is 9.59 Å². The van der Waals surface area contributed by atoms with E-state index in [0.29, 0.717) is 5.13 Å². The van der Waals surface area contributed by atoms with E-state index in [0.717, 1.165) is 10.7 Å². The molecule has 2 amide bonds. The van der Waals surface area contributed by atoms with Crippen LogP contribution in [0.3, 0.4) is 0 Å². The molecule has 0 bridgehead atoms. The van der Waals surface area contributed by atoms with Crippen LogP contribution in [0.25, 0.3) is 0 Å². The second-order valence-electron chi connectivity index (χ2n) is 3.70. The van der Waals surface area contributed by atoms with Crippen molar-refractivity contribution >= 4 is 39.6 Å². The molecule has 0 aliphatic carbocycles. The smallest absolute Gasteiger partial charge is 0.245 e. The highest BCUT2D eigenvalue weighted by molar-refractivity contribution is 7.13. The largest absolute Gasteiger partial charge is 0.347 e. The number of aryl methyl sites for hydroxylation is 1. The van der Waals surface area contributed by atoms with Crippen molar-refractivity contribution in [1.82, 2.24) is 15.3 Å². The molecule has 0 saturated carbocycles. The van der Waals surface area contributed by atoms with E-state index >= 15 is 0 Å². The van der Waals surface area contributed by atoms with Gasteiger partial charge in [0.05, 0.1) is 23.7 Å². The van der Waals surface area contributed by atoms with Crippen molar-refractivity contribution in [1.29, 1.82) is 0 Å². The van der Waals surface area contributed by atoms with Gasteiger partial charge in [-0.15, -0.1) is 22.7 Å². The third-order valence-electron chi connectivity index (χ3n) is 2.13. The zero-order chi connectivity index (χ0) is 13.7. The lowest BCUT2D eigenvalue weighted by Crippen LogP contribution is -2.33. The lowest BCUT2D eigenvalue weighted by atomic mass is 10.3. The van der Waals surface area contributed by atoms with Crippen LogP contribution in [0.1, 0.15) is 10.7 Å². The van der Waals surface area contributed by atoms with Crippen LogP contribution in [0, 0.1) is 6.92 Å². The highest BCUT2D eigenvalue weighted by atomic mass is 32.1. The quantitative estimate of drug-likeness (QED) is 0.868. The Kier molecular flexibility index (Phi) is 4.58. The molecule has 0 unspecified atom stereocenters. The first-order valence-corrected chi connectivity index (χ1v) is 7.26. The van der Waals surface area contributed by atoms with Crippen molar-refractivity contribution in [2.75, 3.05) is 11.9 Å². The Labute approximate surface area is 117 Å². The van der Waals surface area contributed by atoms with Gasteiger partial charge in [-0.25, -0.2) is 9.97 Å². The van der Waals surface area contributed by atoms with Crippen molar-refractivity contribution < 1.29 is 9.59 Å². The second kappa shape index (κ2) is 6.39. The predicted molar refractivity (Wildman–Crippen MR) is 74.3 cm³/mol. The molecule has 0 aliphatic heterocycles. The number of aromatic nitrogens is 2. The van der Waals surface area contributed by atoms with Gasteiger partial charge in [-0.2, -0.15) is 0 Å². The first-order valence-electron chi connectivity index (χ1n) is 5.50. The normalized spacial score (nSPS) is 10.2. The molecule has 2 rings (SSSR count). The van der Waals surface area contributed by atoms with Crippen LogP contribution in [0.15, 0.2) is 17.0 Å². The number of rotatable bonds is 5. The van der Waals surface area contributed by atoms with Crippen molar-refractivity contribution in [3.8, 4) is 0 Å². The van der Waals surface area contributed by atoms with E-state index in [1.165, 1.54) is 22.7 Å². The Bertz CT molecular complexity index is 565. The Balaban J connectivity index is 1.72. The molecule has 2 heterocycles. The number of carbonyl (C=O) groups is 2. The summed E-state index contributed by atoms with van der Waals surface area (Å²) in [6.45, 7) is 1.81. The standard InChI is InChI=1S/C11H12N4O2S2/c1-7-14-8(6-19-7)4-9(16)13-5-10(17)15-11-12-2-3-18-11/h2-3,6H,4-5H2,1H3,(H,13,16)(H,12,15,17). The minimum Gasteiger partial charge on any atom is -0.347 e. The van der Waals surface area contributed by atoms with Gasteiger partial charge < -0.3 is 10.6 Å². The van der Waals surface area contributed by atoms with E-state index < -0.39 is 0 Å². The van der Waals surface area contributed by atoms with Crippen LogP contribution in [-0.4, -0.2) is 28.3 Å². The van der Waals surface area contributed by atoms with Gasteiger partial charge in [-0.05, 0) is 6.92 Å². The molecule has 100 valence electrons. The van der Waals surface area contributed by atoms with Crippen LogP contribution in [0.2, 0.25) is 0 Å². The maximum Gasteiger partial charge on any atom is 0.245 e. The van der Waals surface area contributed by atoms with Gasteiger partial charge in [0, 0.05) is 17.0 Å². The molecule has 8 heteroatoms. The SMILES string of the molecule is Cc1nc(CC(=O)NCC(=O)Nc2nccs2)cs1. The summed E-state index contributed by atoms with van der Waals surface area (Å²) in [7, 11) is 0. The van der Waals surface area contributed by atoms with Crippen molar-refractivity contribution in [3.63, 3.8) is 0 Å². The van der Waals surface area contributed by atoms with Gasteiger partial charge in [0.15, 0.2) is 5.13 Å². The molecular formula is C11H12N4O2S2. The summed E-state index contributed by atoms with van der Waals surface area (Å²) >= 11 is 2.82. The Morgan fingerprint density at radius 1 is 1.32 bits per heavy atom. The molecule has 0 radical (unpaired) electrons. The fourth-order valence-corrected chi connectivity index (χ4v) is 2.50. The van der Waals surface area contributed by atoms with Crippen molar-refractivity contribution in [2.24, 2.45) is 0 Å². The fourth-order valence-electron chi connectivity index (χ4n) is 1.34. The first kappa shape index (κ1) is 13.6. The molecule has 0 aliphatic rings. The average Bonchev–Trinajstić information content (AvgIpc) is 2.99. The summed E-state index contributed by atoms with van der Waals surface area (Å²) in [6, 6.07) is 0. The predicted octanol–water partition coefficient (Wildman–Crippen LogP) is 1.21. The lowest BCUT2D eigenvalue weighted by molar-refractivity contribution is -0.123. The summed E-state index contributed by atoms with van der Waals surface area (Å²) in [5.74, 6) is -0.516. The van der Waals surface area contributed by atoms with Gasteiger partial charge in [0.1, 0.15) is 0 Å². The Hall–Kier alpha value is -1.80. The van der Waals surface area contributed by atoms with Gasteiger partial charge in [0.2, 0.25) is 11.8 Å². The third kappa shape index (κ3) is 4.42. The lowest BCUT2D eigenvalue weighted by Gasteiger charge is -2.03. The number of thiazole rings is 2. The van der Waals surface area contributed by atoms with Gasteiger partial charge in [-0.1, -0.05) is 0 Å². The van der Waals surface area contributed by atoms with E-state index in [1.807, 2.05) is 12.3 Å². The molecule has 19 heavy (non-hydrogen) atoms. The van der Waals surface area contributed by atoms with Crippen LogP contribution in [0.4, 0.5) is 5.13 Å². The van der Waals surface area contributed by atoms with Crippen LogP contribution in [0.5, 0.6) is 0 Å². The van der Waals surface area contributed by atoms with E-state index in [1.54, 1.807) is 11.6 Å². The van der Waals surface area contributed by atoms with Crippen LogP contribution < -0.4 is 10.6 Å². The number of anilines is 1. The number of carbonyl (C=O) groups excluding carboxylic acids is 2. The highest BCUT2D eigenvalue weighted by Crippen LogP contribution is 2.09. The Morgan fingerprint density at radius 2 is 2.16 bits per heavy atom. The fraction of sp³-hybridized carbons (Fsp3) is 0.273.